The Morgan fingerprint density at radius 3 is 2.12 bits per heavy atom. The monoisotopic (exact) mass is 489 g/mol. The maximum atomic E-state index is 13.5. The van der Waals surface area contributed by atoms with Crippen LogP contribution in [-0.2, 0) is 12.4 Å². The highest BCUT2D eigenvalue weighted by Crippen LogP contribution is 2.64. The second-order valence-corrected chi connectivity index (χ2v) is 9.56. The van der Waals surface area contributed by atoms with Crippen molar-refractivity contribution in [3.05, 3.63) is 63.2 Å². The number of nitrogens with one attached hydrogen (secondary N) is 1. The number of carboxylic acid groups (broad SMARTS) is 1. The molecule has 2 aromatic rings. The average molecular weight is 490 g/mol. The van der Waals surface area contributed by atoms with E-state index in [4.69, 9.17) is 11.6 Å². The normalized spacial score (nSPS) is 28.3. The van der Waals surface area contributed by atoms with E-state index in [0.29, 0.717) is 5.56 Å². The van der Waals surface area contributed by atoms with Gasteiger partial charge in [0.25, 0.3) is 0 Å². The van der Waals surface area contributed by atoms with Crippen LogP contribution in [0.15, 0.2) is 30.3 Å². The lowest BCUT2D eigenvalue weighted by molar-refractivity contribution is -0.143. The number of rotatable bonds is 2. The van der Waals surface area contributed by atoms with Gasteiger partial charge in [0.1, 0.15) is 0 Å². The van der Waals surface area contributed by atoms with E-state index in [1.807, 2.05) is 0 Å². The quantitative estimate of drug-likeness (QED) is 0.433. The number of halogens is 7. The second-order valence-electron chi connectivity index (χ2n) is 9.12. The highest BCUT2D eigenvalue weighted by atomic mass is 35.5. The topological polar surface area (TPSA) is 49.3 Å². The van der Waals surface area contributed by atoms with Crippen molar-refractivity contribution in [3.63, 3.8) is 0 Å². The predicted molar refractivity (Wildman–Crippen MR) is 108 cm³/mol. The van der Waals surface area contributed by atoms with Gasteiger partial charge in [0, 0.05) is 5.02 Å². The van der Waals surface area contributed by atoms with Crippen LogP contribution in [0.5, 0.6) is 0 Å². The maximum Gasteiger partial charge on any atom is 0.416 e. The zero-order valence-electron chi connectivity index (χ0n) is 16.9. The lowest BCUT2D eigenvalue weighted by Crippen LogP contribution is -2.36. The number of hydrogen-bond donors (Lipinski definition) is 2. The van der Waals surface area contributed by atoms with Crippen molar-refractivity contribution in [1.82, 2.24) is 0 Å². The van der Waals surface area contributed by atoms with Crippen molar-refractivity contribution in [2.75, 3.05) is 5.32 Å². The van der Waals surface area contributed by atoms with Crippen LogP contribution in [0, 0.1) is 17.8 Å². The molecule has 0 aromatic heterocycles. The molecular formula is C23H18ClF6NO2. The number of hydrogen-bond acceptors (Lipinski definition) is 2. The molecule has 0 saturated heterocycles. The van der Waals surface area contributed by atoms with Gasteiger partial charge >= 0.3 is 18.3 Å². The Hall–Kier alpha value is -2.42. The highest BCUT2D eigenvalue weighted by molar-refractivity contribution is 6.31. The molecule has 0 spiro atoms. The third-order valence-corrected chi connectivity index (χ3v) is 7.58. The molecule has 5 rings (SSSR count). The van der Waals surface area contributed by atoms with E-state index < -0.39 is 35.5 Å². The van der Waals surface area contributed by atoms with Crippen molar-refractivity contribution in [1.29, 1.82) is 0 Å². The van der Waals surface area contributed by atoms with Crippen LogP contribution < -0.4 is 5.32 Å². The van der Waals surface area contributed by atoms with Crippen LogP contribution in [0.25, 0.3) is 0 Å². The van der Waals surface area contributed by atoms with Gasteiger partial charge in [-0.1, -0.05) is 11.6 Å². The number of aromatic carboxylic acids is 1. The number of carbonyl (C=O) groups is 1. The second kappa shape index (κ2) is 7.29. The molecule has 2 aromatic carbocycles. The molecule has 0 radical (unpaired) electrons. The van der Waals surface area contributed by atoms with E-state index in [1.54, 1.807) is 6.07 Å². The first-order valence-electron chi connectivity index (χ1n) is 10.5. The highest BCUT2D eigenvalue weighted by Gasteiger charge is 2.54. The number of fused-ring (bicyclic) bond motifs is 7. The summed E-state index contributed by atoms with van der Waals surface area (Å²) < 4.78 is 81.0. The Bertz CT molecular complexity index is 1110. The summed E-state index contributed by atoms with van der Waals surface area (Å²) in [7, 11) is 0. The summed E-state index contributed by atoms with van der Waals surface area (Å²) in [6, 6.07) is 3.63. The van der Waals surface area contributed by atoms with Crippen molar-refractivity contribution in [3.8, 4) is 0 Å². The van der Waals surface area contributed by atoms with Crippen molar-refractivity contribution >= 4 is 23.3 Å². The van der Waals surface area contributed by atoms with Crippen molar-refractivity contribution in [2.45, 2.75) is 43.6 Å². The molecule has 10 heteroatoms. The summed E-state index contributed by atoms with van der Waals surface area (Å²) in [4.78, 5) is 11.9. The Morgan fingerprint density at radius 2 is 1.55 bits per heavy atom. The zero-order valence-corrected chi connectivity index (χ0v) is 17.7. The Kier molecular flexibility index (Phi) is 4.94. The lowest BCUT2D eigenvalue weighted by atomic mass is 9.67. The first-order chi connectivity index (χ1) is 15.3. The molecule has 2 aliphatic carbocycles. The molecule has 2 bridgehead atoms. The average Bonchev–Trinajstić information content (AvgIpc) is 3.33. The molecule has 0 unspecified atom stereocenters. The molecule has 2 N–H and O–H groups in total. The van der Waals surface area contributed by atoms with E-state index >= 15 is 0 Å². The largest absolute Gasteiger partial charge is 0.478 e. The first kappa shape index (κ1) is 22.4. The Balaban J connectivity index is 1.71. The molecule has 1 heterocycles. The van der Waals surface area contributed by atoms with Gasteiger partial charge in [0.05, 0.1) is 28.4 Å². The van der Waals surface area contributed by atoms with Crippen LogP contribution in [-0.4, -0.2) is 11.1 Å². The molecule has 176 valence electrons. The fraction of sp³-hybridized carbons (Fsp3) is 0.435. The number of anilines is 1. The number of benzene rings is 2. The lowest BCUT2D eigenvalue weighted by Gasteiger charge is -2.44. The summed E-state index contributed by atoms with van der Waals surface area (Å²) in [6.07, 6.45) is -7.42. The fourth-order valence-corrected chi connectivity index (χ4v) is 6.44. The first-order valence-corrected chi connectivity index (χ1v) is 10.8. The molecule has 33 heavy (non-hydrogen) atoms. The summed E-state index contributed by atoms with van der Waals surface area (Å²) >= 11 is 6.17. The molecule has 0 amide bonds. The summed E-state index contributed by atoms with van der Waals surface area (Å²) in [5.74, 6) is -1.44. The van der Waals surface area contributed by atoms with Crippen LogP contribution in [0.1, 0.15) is 63.8 Å². The minimum Gasteiger partial charge on any atom is -0.478 e. The molecule has 5 atom stereocenters. The predicted octanol–water partition coefficient (Wildman–Crippen LogP) is 7.37. The maximum absolute atomic E-state index is 13.5. The molecule has 1 aliphatic heterocycles. The van der Waals surface area contributed by atoms with Crippen LogP contribution in [0.4, 0.5) is 32.0 Å². The summed E-state index contributed by atoms with van der Waals surface area (Å²) in [5, 5.41) is 13.0. The Labute approximate surface area is 189 Å². The minimum absolute atomic E-state index is 0.112. The van der Waals surface area contributed by atoms with E-state index in [-0.39, 0.29) is 51.6 Å². The van der Waals surface area contributed by atoms with E-state index in [9.17, 15) is 36.2 Å². The van der Waals surface area contributed by atoms with E-state index in [1.165, 1.54) is 6.07 Å². The van der Waals surface area contributed by atoms with Crippen LogP contribution in [0.3, 0.4) is 0 Å². The smallest absolute Gasteiger partial charge is 0.416 e. The molecule has 2 saturated carbocycles. The molecule has 3 nitrogen and oxygen atoms in total. The van der Waals surface area contributed by atoms with Gasteiger partial charge in [-0.15, -0.1) is 0 Å². The molecule has 2 fully saturated rings. The number of alkyl halides is 6. The molecule has 3 aliphatic rings. The summed E-state index contributed by atoms with van der Waals surface area (Å²) in [6.45, 7) is 0. The van der Waals surface area contributed by atoms with Crippen LogP contribution >= 0.6 is 11.6 Å². The van der Waals surface area contributed by atoms with Gasteiger partial charge in [-0.25, -0.2) is 4.79 Å². The van der Waals surface area contributed by atoms with E-state index in [0.717, 1.165) is 31.4 Å². The van der Waals surface area contributed by atoms with Crippen molar-refractivity contribution < 1.29 is 36.2 Å². The van der Waals surface area contributed by atoms with Gasteiger partial charge in [-0.3, -0.25) is 0 Å². The summed E-state index contributed by atoms with van der Waals surface area (Å²) in [5.41, 5.74) is -2.15. The van der Waals surface area contributed by atoms with E-state index in [2.05, 4.69) is 5.32 Å². The Morgan fingerprint density at radius 1 is 0.939 bits per heavy atom. The third kappa shape index (κ3) is 3.64. The van der Waals surface area contributed by atoms with Gasteiger partial charge in [0.2, 0.25) is 0 Å². The van der Waals surface area contributed by atoms with Gasteiger partial charge in [0.15, 0.2) is 0 Å². The third-order valence-electron chi connectivity index (χ3n) is 7.36. The fourth-order valence-electron chi connectivity index (χ4n) is 6.21. The minimum atomic E-state index is -4.96. The van der Waals surface area contributed by atoms with Crippen LogP contribution in [0.2, 0.25) is 5.02 Å². The standard InChI is InChI=1S/C23H18ClF6NO2/c24-14-7-15-17-9-1-2-10(3-9)18(17)19(31-20(15)16(8-14)21(32)33)11-4-12(22(25,26)27)6-13(5-11)23(28,29)30/h4-10,17-19,31H,1-3H2,(H,32,33)/t9-,10+,17+,18-,19+/m0/s1. The molecular weight excluding hydrogens is 472 g/mol. The zero-order chi connectivity index (χ0) is 23.9. The van der Waals surface area contributed by atoms with Crippen molar-refractivity contribution in [2.24, 2.45) is 17.8 Å². The van der Waals surface area contributed by atoms with Gasteiger partial charge in [-0.05, 0) is 84.4 Å². The van der Waals surface area contributed by atoms with Gasteiger partial charge < -0.3 is 10.4 Å². The SMILES string of the molecule is O=C(O)c1cc(Cl)cc2c1N[C@H](c1cc(C(F)(F)F)cc(C(F)(F)F)c1)[C@H]1[C@@H]3CC[C@@H](C3)[C@H]21. The van der Waals surface area contributed by atoms with Gasteiger partial charge in [-0.2, -0.15) is 26.3 Å². The number of carboxylic acids is 1.